The predicted octanol–water partition coefficient (Wildman–Crippen LogP) is 4.13. The van der Waals surface area contributed by atoms with Gasteiger partial charge in [-0.1, -0.05) is 42.5 Å². The van der Waals surface area contributed by atoms with Crippen molar-refractivity contribution in [2.75, 3.05) is 33.8 Å². The molecular formula is C26H28N2O3S. The number of rotatable bonds is 6. The van der Waals surface area contributed by atoms with Crippen molar-refractivity contribution in [1.29, 1.82) is 0 Å². The van der Waals surface area contributed by atoms with Gasteiger partial charge in [0.1, 0.15) is 5.75 Å². The number of ether oxygens (including phenoxy) is 1. The summed E-state index contributed by atoms with van der Waals surface area (Å²) in [6.45, 7) is 1.53. The van der Waals surface area contributed by atoms with Crippen LogP contribution in [0.4, 0.5) is 0 Å². The van der Waals surface area contributed by atoms with E-state index in [0.717, 1.165) is 22.4 Å². The molecule has 1 fully saturated rings. The normalized spacial score (nSPS) is 16.7. The molecule has 1 atom stereocenters. The van der Waals surface area contributed by atoms with Crippen LogP contribution in [0.3, 0.4) is 0 Å². The molecule has 2 amide bonds. The zero-order valence-electron chi connectivity index (χ0n) is 18.5. The zero-order valence-corrected chi connectivity index (χ0v) is 19.3. The molecule has 1 saturated heterocycles. The van der Waals surface area contributed by atoms with Crippen LogP contribution in [-0.4, -0.2) is 55.4 Å². The number of hydrogen-bond acceptors (Lipinski definition) is 4. The summed E-state index contributed by atoms with van der Waals surface area (Å²) in [6, 6.07) is 20.0. The number of amides is 2. The van der Waals surface area contributed by atoms with E-state index in [0.29, 0.717) is 32.5 Å². The Morgan fingerprint density at radius 3 is 2.72 bits per heavy atom. The number of nitrogens with zero attached hydrogens (tertiary/aromatic N) is 2. The number of benzene rings is 2. The molecule has 0 bridgehead atoms. The zero-order chi connectivity index (χ0) is 22.5. The number of likely N-dealkylation sites (N-methyl/N-ethyl adjacent to an activating group) is 1. The molecule has 2 aromatic carbocycles. The van der Waals surface area contributed by atoms with E-state index in [2.05, 4.69) is 23.6 Å². The van der Waals surface area contributed by atoms with Crippen LogP contribution in [-0.2, 0) is 22.4 Å². The van der Waals surface area contributed by atoms with Crippen LogP contribution in [0.2, 0.25) is 0 Å². The summed E-state index contributed by atoms with van der Waals surface area (Å²) in [7, 11) is 3.45. The number of thiophene rings is 1. The van der Waals surface area contributed by atoms with Gasteiger partial charge in [-0.2, -0.15) is 0 Å². The van der Waals surface area contributed by atoms with E-state index in [9.17, 15) is 9.59 Å². The second-order valence-corrected chi connectivity index (χ2v) is 9.11. The van der Waals surface area contributed by atoms with Crippen molar-refractivity contribution in [3.63, 3.8) is 0 Å². The van der Waals surface area contributed by atoms with Crippen molar-refractivity contribution >= 4 is 23.2 Å². The van der Waals surface area contributed by atoms with Crippen molar-refractivity contribution in [2.24, 2.45) is 5.92 Å². The molecule has 0 radical (unpaired) electrons. The van der Waals surface area contributed by atoms with Crippen LogP contribution >= 0.6 is 11.3 Å². The summed E-state index contributed by atoms with van der Waals surface area (Å²) in [4.78, 5) is 31.1. The third kappa shape index (κ3) is 5.02. The molecule has 5 nitrogen and oxygen atoms in total. The van der Waals surface area contributed by atoms with E-state index in [-0.39, 0.29) is 17.7 Å². The molecule has 1 aliphatic heterocycles. The standard InChI is InChI=1S/C26H28N2O3S/c1-27-12-13-28(25(29)16-19-7-5-9-22(15-19)31-2)18-21(26(27)30)17-20-8-3-4-10-23(20)24-11-6-14-32-24/h3-11,14-15,21H,12-13,16-18H2,1-2H3. The average molecular weight is 449 g/mol. The van der Waals surface area contributed by atoms with Gasteiger partial charge in [0.15, 0.2) is 0 Å². The van der Waals surface area contributed by atoms with Gasteiger partial charge in [0, 0.05) is 31.6 Å². The Labute approximate surface area is 193 Å². The SMILES string of the molecule is COc1cccc(CC(=O)N2CCN(C)C(=O)C(Cc3ccccc3-c3cccs3)C2)c1. The van der Waals surface area contributed by atoms with Gasteiger partial charge >= 0.3 is 0 Å². The molecule has 6 heteroatoms. The summed E-state index contributed by atoms with van der Waals surface area (Å²) in [6.07, 6.45) is 0.911. The monoisotopic (exact) mass is 448 g/mol. The lowest BCUT2D eigenvalue weighted by Crippen LogP contribution is -2.38. The van der Waals surface area contributed by atoms with Crippen molar-refractivity contribution in [1.82, 2.24) is 9.80 Å². The van der Waals surface area contributed by atoms with Crippen molar-refractivity contribution in [2.45, 2.75) is 12.8 Å². The van der Waals surface area contributed by atoms with Crippen LogP contribution in [0.5, 0.6) is 5.75 Å². The quantitative estimate of drug-likeness (QED) is 0.570. The van der Waals surface area contributed by atoms with Gasteiger partial charge in [-0.25, -0.2) is 0 Å². The largest absolute Gasteiger partial charge is 0.497 e. The lowest BCUT2D eigenvalue weighted by Gasteiger charge is -2.24. The summed E-state index contributed by atoms with van der Waals surface area (Å²) in [5.74, 6) is 0.613. The Hall–Kier alpha value is -3.12. The topological polar surface area (TPSA) is 49.9 Å². The predicted molar refractivity (Wildman–Crippen MR) is 128 cm³/mol. The summed E-state index contributed by atoms with van der Waals surface area (Å²) in [5, 5.41) is 2.07. The Balaban J connectivity index is 1.53. The van der Waals surface area contributed by atoms with Crippen LogP contribution in [0.15, 0.2) is 66.0 Å². The number of carbonyl (C=O) groups is 2. The van der Waals surface area contributed by atoms with Crippen molar-refractivity contribution < 1.29 is 14.3 Å². The molecule has 1 unspecified atom stereocenters. The minimum absolute atomic E-state index is 0.0397. The highest BCUT2D eigenvalue weighted by atomic mass is 32.1. The lowest BCUT2D eigenvalue weighted by atomic mass is 9.93. The third-order valence-corrected chi connectivity index (χ3v) is 6.89. The van der Waals surface area contributed by atoms with E-state index >= 15 is 0 Å². The maximum absolute atomic E-state index is 13.1. The van der Waals surface area contributed by atoms with Gasteiger partial charge in [-0.05, 0) is 46.7 Å². The van der Waals surface area contributed by atoms with Crippen LogP contribution < -0.4 is 4.74 Å². The fourth-order valence-corrected chi connectivity index (χ4v) is 5.00. The van der Waals surface area contributed by atoms with Crippen molar-refractivity contribution in [3.8, 4) is 16.2 Å². The first-order chi connectivity index (χ1) is 15.5. The minimum atomic E-state index is -0.266. The first kappa shape index (κ1) is 22.1. The summed E-state index contributed by atoms with van der Waals surface area (Å²) < 4.78 is 5.28. The number of carbonyl (C=O) groups excluding carboxylic acids is 2. The first-order valence-electron chi connectivity index (χ1n) is 10.8. The lowest BCUT2D eigenvalue weighted by molar-refractivity contribution is -0.133. The van der Waals surface area contributed by atoms with Gasteiger partial charge in [0.2, 0.25) is 11.8 Å². The van der Waals surface area contributed by atoms with Crippen LogP contribution in [0, 0.1) is 5.92 Å². The molecule has 3 aromatic rings. The molecule has 2 heterocycles. The van der Waals surface area contributed by atoms with E-state index in [4.69, 9.17) is 4.74 Å². The molecule has 0 aliphatic carbocycles. The molecule has 4 rings (SSSR count). The molecule has 0 N–H and O–H groups in total. The van der Waals surface area contributed by atoms with E-state index in [1.54, 1.807) is 23.3 Å². The number of hydrogen-bond donors (Lipinski definition) is 0. The summed E-state index contributed by atoms with van der Waals surface area (Å²) >= 11 is 1.70. The molecule has 32 heavy (non-hydrogen) atoms. The second-order valence-electron chi connectivity index (χ2n) is 8.16. The van der Waals surface area contributed by atoms with Gasteiger partial charge in [0.05, 0.1) is 19.4 Å². The maximum Gasteiger partial charge on any atom is 0.227 e. The Morgan fingerprint density at radius 1 is 1.09 bits per heavy atom. The first-order valence-corrected chi connectivity index (χ1v) is 11.7. The Morgan fingerprint density at radius 2 is 1.94 bits per heavy atom. The maximum atomic E-state index is 13.1. The molecule has 0 saturated carbocycles. The molecular weight excluding hydrogens is 420 g/mol. The van der Waals surface area contributed by atoms with Gasteiger partial charge in [-0.15, -0.1) is 11.3 Å². The highest BCUT2D eigenvalue weighted by Crippen LogP contribution is 2.30. The highest BCUT2D eigenvalue weighted by molar-refractivity contribution is 7.13. The Kier molecular flexibility index (Phi) is 6.90. The Bertz CT molecular complexity index is 1080. The van der Waals surface area contributed by atoms with Crippen LogP contribution in [0.25, 0.3) is 10.4 Å². The smallest absolute Gasteiger partial charge is 0.227 e. The van der Waals surface area contributed by atoms with Gasteiger partial charge in [-0.3, -0.25) is 9.59 Å². The molecule has 1 aromatic heterocycles. The third-order valence-electron chi connectivity index (χ3n) is 5.98. The van der Waals surface area contributed by atoms with Gasteiger partial charge in [0.25, 0.3) is 0 Å². The van der Waals surface area contributed by atoms with Gasteiger partial charge < -0.3 is 14.5 Å². The van der Waals surface area contributed by atoms with E-state index in [1.807, 2.05) is 54.4 Å². The summed E-state index contributed by atoms with van der Waals surface area (Å²) in [5.41, 5.74) is 3.22. The molecule has 0 spiro atoms. The molecule has 166 valence electrons. The second kappa shape index (κ2) is 10.0. The fourth-order valence-electron chi connectivity index (χ4n) is 4.21. The average Bonchev–Trinajstić information content (AvgIpc) is 3.31. The van der Waals surface area contributed by atoms with Crippen LogP contribution in [0.1, 0.15) is 11.1 Å². The van der Waals surface area contributed by atoms with E-state index < -0.39 is 0 Å². The fraction of sp³-hybridized carbons (Fsp3) is 0.308. The number of methoxy groups -OCH3 is 1. The minimum Gasteiger partial charge on any atom is -0.497 e. The highest BCUT2D eigenvalue weighted by Gasteiger charge is 2.31. The van der Waals surface area contributed by atoms with Crippen molar-refractivity contribution in [3.05, 3.63) is 77.2 Å². The molecule has 1 aliphatic rings. The van der Waals surface area contributed by atoms with E-state index in [1.165, 1.54) is 4.88 Å².